The van der Waals surface area contributed by atoms with Gasteiger partial charge in [0, 0.05) is 6.04 Å². The molecule has 0 amide bonds. The number of nitrogens with one attached hydrogen (secondary N) is 1. The Hall–Kier alpha value is -1.24. The minimum Gasteiger partial charge on any atom is -0.381 e. The Bertz CT molecular complexity index is 431. The topological polar surface area (TPSA) is 39.1 Å². The molecule has 4 heteroatoms. The molecule has 1 aromatic rings. The normalized spacial score (nSPS) is 17.7. The molecule has 1 aliphatic rings. The summed E-state index contributed by atoms with van der Waals surface area (Å²) < 4.78 is 0. The van der Waals surface area contributed by atoms with Crippen LogP contribution >= 0.6 is 11.6 Å². The minimum absolute atomic E-state index is 0.483. The molecular formula is C13H16ClN3. The maximum absolute atomic E-state index is 8.77. The first-order valence-corrected chi connectivity index (χ1v) is 6.21. The van der Waals surface area contributed by atoms with E-state index in [1.807, 2.05) is 6.07 Å². The van der Waals surface area contributed by atoms with Gasteiger partial charge in [0.25, 0.3) is 0 Å². The number of halogens is 1. The molecule has 1 aliphatic heterocycles. The molecule has 0 radical (unpaired) electrons. The van der Waals surface area contributed by atoms with E-state index in [1.165, 1.54) is 0 Å². The molecule has 0 saturated carbocycles. The summed E-state index contributed by atoms with van der Waals surface area (Å²) in [5.74, 6) is 0. The summed E-state index contributed by atoms with van der Waals surface area (Å²) in [5, 5.41) is 12.8. The molecule has 1 saturated heterocycles. The van der Waals surface area contributed by atoms with Crippen LogP contribution in [-0.4, -0.2) is 31.1 Å². The number of nitrogens with zero attached hydrogens (tertiary/aromatic N) is 2. The quantitative estimate of drug-likeness (QED) is 0.876. The van der Waals surface area contributed by atoms with E-state index in [1.54, 1.807) is 12.1 Å². The molecule has 2 rings (SSSR count). The van der Waals surface area contributed by atoms with Crippen molar-refractivity contribution in [2.45, 2.75) is 18.9 Å². The van der Waals surface area contributed by atoms with Crippen molar-refractivity contribution >= 4 is 17.3 Å². The second-order valence-corrected chi connectivity index (χ2v) is 4.94. The molecule has 0 spiro atoms. The van der Waals surface area contributed by atoms with E-state index in [9.17, 15) is 0 Å². The van der Waals surface area contributed by atoms with Crippen molar-refractivity contribution in [1.82, 2.24) is 4.90 Å². The third kappa shape index (κ3) is 3.12. The third-order valence-corrected chi connectivity index (χ3v) is 3.49. The Labute approximate surface area is 107 Å². The van der Waals surface area contributed by atoms with E-state index >= 15 is 0 Å². The second kappa shape index (κ2) is 5.39. The molecule has 0 unspecified atom stereocenters. The highest BCUT2D eigenvalue weighted by Gasteiger charge is 2.17. The van der Waals surface area contributed by atoms with E-state index < -0.39 is 0 Å². The number of anilines is 1. The molecule has 3 nitrogen and oxygen atoms in total. The summed E-state index contributed by atoms with van der Waals surface area (Å²) in [7, 11) is 2.14. The van der Waals surface area contributed by atoms with Crippen LogP contribution in [0.15, 0.2) is 18.2 Å². The Morgan fingerprint density at radius 2 is 2.12 bits per heavy atom. The highest BCUT2D eigenvalue weighted by molar-refractivity contribution is 6.33. The van der Waals surface area contributed by atoms with E-state index in [0.29, 0.717) is 16.6 Å². The molecule has 1 aromatic carbocycles. The summed E-state index contributed by atoms with van der Waals surface area (Å²) in [6, 6.07) is 7.96. The van der Waals surface area contributed by atoms with Gasteiger partial charge in [-0.25, -0.2) is 0 Å². The minimum atomic E-state index is 0.483. The highest BCUT2D eigenvalue weighted by atomic mass is 35.5. The van der Waals surface area contributed by atoms with Crippen LogP contribution in [0.3, 0.4) is 0 Å². The van der Waals surface area contributed by atoms with Gasteiger partial charge in [0.05, 0.1) is 22.3 Å². The van der Waals surface area contributed by atoms with Gasteiger partial charge in [-0.15, -0.1) is 0 Å². The van der Waals surface area contributed by atoms with Crippen molar-refractivity contribution < 1.29 is 0 Å². The van der Waals surface area contributed by atoms with Crippen molar-refractivity contribution in [1.29, 1.82) is 5.26 Å². The predicted molar refractivity (Wildman–Crippen MR) is 70.3 cm³/mol. The maximum atomic E-state index is 8.77. The van der Waals surface area contributed by atoms with E-state index in [2.05, 4.69) is 23.3 Å². The lowest BCUT2D eigenvalue weighted by Crippen LogP contribution is -2.36. The first-order chi connectivity index (χ1) is 8.19. The number of hydrogen-bond donors (Lipinski definition) is 1. The Kier molecular flexibility index (Phi) is 3.88. The number of piperidine rings is 1. The average molecular weight is 250 g/mol. The van der Waals surface area contributed by atoms with Gasteiger partial charge in [0.2, 0.25) is 0 Å². The summed E-state index contributed by atoms with van der Waals surface area (Å²) in [6.07, 6.45) is 2.26. The smallest absolute Gasteiger partial charge is 0.0992 e. The standard InChI is InChI=1S/C13H16ClN3/c1-17-6-4-11(5-7-17)16-13-3-2-10(9-15)8-12(13)14/h2-3,8,11,16H,4-7H2,1H3. The van der Waals surface area contributed by atoms with Crippen LogP contribution in [-0.2, 0) is 0 Å². The van der Waals surface area contributed by atoms with Crippen molar-refractivity contribution in [3.8, 4) is 6.07 Å². The lowest BCUT2D eigenvalue weighted by atomic mass is 10.1. The van der Waals surface area contributed by atoms with Gasteiger partial charge in [-0.2, -0.15) is 5.26 Å². The number of benzene rings is 1. The molecule has 0 aromatic heterocycles. The van der Waals surface area contributed by atoms with Crippen LogP contribution in [0.4, 0.5) is 5.69 Å². The van der Waals surface area contributed by atoms with Crippen LogP contribution in [0.1, 0.15) is 18.4 Å². The zero-order valence-electron chi connectivity index (χ0n) is 9.91. The van der Waals surface area contributed by atoms with Gasteiger partial charge in [0.15, 0.2) is 0 Å². The average Bonchev–Trinajstić information content (AvgIpc) is 2.34. The van der Waals surface area contributed by atoms with Crippen molar-refractivity contribution in [2.24, 2.45) is 0 Å². The Morgan fingerprint density at radius 1 is 1.41 bits per heavy atom. The van der Waals surface area contributed by atoms with Crippen molar-refractivity contribution in [2.75, 3.05) is 25.5 Å². The highest BCUT2D eigenvalue weighted by Crippen LogP contribution is 2.25. The predicted octanol–water partition coefficient (Wildman–Crippen LogP) is 2.72. The van der Waals surface area contributed by atoms with Crippen LogP contribution < -0.4 is 5.32 Å². The largest absolute Gasteiger partial charge is 0.381 e. The monoisotopic (exact) mass is 249 g/mol. The number of likely N-dealkylation sites (tertiary alicyclic amines) is 1. The second-order valence-electron chi connectivity index (χ2n) is 4.53. The Morgan fingerprint density at radius 3 is 2.71 bits per heavy atom. The molecule has 0 bridgehead atoms. The summed E-state index contributed by atoms with van der Waals surface area (Å²) in [5.41, 5.74) is 1.53. The fourth-order valence-electron chi connectivity index (χ4n) is 2.07. The van der Waals surface area contributed by atoms with Gasteiger partial charge in [0.1, 0.15) is 0 Å². The van der Waals surface area contributed by atoms with Crippen molar-refractivity contribution in [3.63, 3.8) is 0 Å². The molecule has 0 aliphatic carbocycles. The van der Waals surface area contributed by atoms with Crippen molar-refractivity contribution in [3.05, 3.63) is 28.8 Å². The van der Waals surface area contributed by atoms with E-state index in [4.69, 9.17) is 16.9 Å². The van der Waals surface area contributed by atoms with Crippen LogP contribution in [0.25, 0.3) is 0 Å². The molecule has 90 valence electrons. The van der Waals surface area contributed by atoms with Gasteiger partial charge in [-0.1, -0.05) is 11.6 Å². The summed E-state index contributed by atoms with van der Waals surface area (Å²) in [6.45, 7) is 2.23. The van der Waals surface area contributed by atoms with Gasteiger partial charge >= 0.3 is 0 Å². The number of nitriles is 1. The zero-order valence-corrected chi connectivity index (χ0v) is 10.7. The lowest BCUT2D eigenvalue weighted by molar-refractivity contribution is 0.264. The first-order valence-electron chi connectivity index (χ1n) is 5.84. The summed E-state index contributed by atoms with van der Waals surface area (Å²) in [4.78, 5) is 2.33. The SMILES string of the molecule is CN1CCC(Nc2ccc(C#N)cc2Cl)CC1. The van der Waals surface area contributed by atoms with Gasteiger partial charge in [-0.05, 0) is 51.2 Å². The van der Waals surface area contributed by atoms with Gasteiger partial charge < -0.3 is 10.2 Å². The third-order valence-electron chi connectivity index (χ3n) is 3.18. The van der Waals surface area contributed by atoms with Crippen LogP contribution in [0.5, 0.6) is 0 Å². The first kappa shape index (κ1) is 12.2. The van der Waals surface area contributed by atoms with E-state index in [-0.39, 0.29) is 0 Å². The maximum Gasteiger partial charge on any atom is 0.0992 e. The number of rotatable bonds is 2. The molecule has 17 heavy (non-hydrogen) atoms. The molecule has 0 atom stereocenters. The molecular weight excluding hydrogens is 234 g/mol. The zero-order chi connectivity index (χ0) is 12.3. The fourth-order valence-corrected chi connectivity index (χ4v) is 2.31. The summed E-state index contributed by atoms with van der Waals surface area (Å²) >= 11 is 6.13. The lowest BCUT2D eigenvalue weighted by Gasteiger charge is -2.30. The molecule has 1 fully saturated rings. The molecule has 1 heterocycles. The Balaban J connectivity index is 2.02. The fraction of sp³-hybridized carbons (Fsp3) is 0.462. The van der Waals surface area contributed by atoms with E-state index in [0.717, 1.165) is 31.6 Å². The van der Waals surface area contributed by atoms with Crippen LogP contribution in [0.2, 0.25) is 5.02 Å². The molecule has 1 N–H and O–H groups in total. The number of hydrogen-bond acceptors (Lipinski definition) is 3. The van der Waals surface area contributed by atoms with Crippen LogP contribution in [0, 0.1) is 11.3 Å². The van der Waals surface area contributed by atoms with Gasteiger partial charge in [-0.3, -0.25) is 0 Å².